The van der Waals surface area contributed by atoms with E-state index >= 15 is 0 Å². The Balaban J connectivity index is 2.23. The van der Waals surface area contributed by atoms with Crippen molar-refractivity contribution in [2.75, 3.05) is 7.11 Å². The van der Waals surface area contributed by atoms with Crippen LogP contribution in [0.1, 0.15) is 16.5 Å². The van der Waals surface area contributed by atoms with Gasteiger partial charge in [-0.3, -0.25) is 0 Å². The monoisotopic (exact) mass is 297 g/mol. The molecule has 1 unspecified atom stereocenters. The van der Waals surface area contributed by atoms with Crippen molar-refractivity contribution in [2.24, 2.45) is 5.73 Å². The molecule has 2 N–H and O–H groups in total. The normalized spacial score (nSPS) is 12.4. The lowest BCUT2D eigenvalue weighted by atomic mass is 10.1. The fourth-order valence-corrected chi connectivity index (χ4v) is 2.92. The van der Waals surface area contributed by atoms with Crippen molar-refractivity contribution < 1.29 is 4.74 Å². The molecule has 0 aliphatic carbocycles. The van der Waals surface area contributed by atoms with Gasteiger partial charge in [-0.2, -0.15) is 0 Å². The molecule has 0 amide bonds. The second-order valence-electron chi connectivity index (χ2n) is 3.39. The zero-order valence-corrected chi connectivity index (χ0v) is 11.2. The summed E-state index contributed by atoms with van der Waals surface area (Å²) >= 11 is 5.10. The zero-order valence-electron chi connectivity index (χ0n) is 8.81. The predicted molar refractivity (Wildman–Crippen MR) is 71.0 cm³/mol. The number of hydrogen-bond donors (Lipinski definition) is 1. The first-order valence-corrected chi connectivity index (χ1v) is 6.46. The molecular formula is C12H12BrNOS. The number of nitrogens with two attached hydrogens (primary N) is 1. The average Bonchev–Trinajstić information content (AvgIpc) is 2.75. The van der Waals surface area contributed by atoms with Crippen LogP contribution in [0.15, 0.2) is 40.2 Å². The van der Waals surface area contributed by atoms with Crippen LogP contribution in [0, 0.1) is 0 Å². The van der Waals surface area contributed by atoms with E-state index in [0.29, 0.717) is 0 Å². The molecule has 0 bridgehead atoms. The second kappa shape index (κ2) is 4.99. The van der Waals surface area contributed by atoms with Crippen LogP contribution in [0.2, 0.25) is 0 Å². The summed E-state index contributed by atoms with van der Waals surface area (Å²) in [4.78, 5) is 1.15. The van der Waals surface area contributed by atoms with Crippen LogP contribution in [-0.2, 0) is 0 Å². The molecule has 1 atom stereocenters. The van der Waals surface area contributed by atoms with Crippen molar-refractivity contribution in [1.82, 2.24) is 0 Å². The minimum atomic E-state index is -0.0674. The summed E-state index contributed by atoms with van der Waals surface area (Å²) in [5.74, 6) is 0.850. The Bertz CT molecular complexity index is 466. The second-order valence-corrected chi connectivity index (χ2v) is 5.89. The summed E-state index contributed by atoms with van der Waals surface area (Å²) in [5, 5.41) is 0. The molecule has 1 heterocycles. The molecule has 84 valence electrons. The van der Waals surface area contributed by atoms with Gasteiger partial charge in [-0.15, -0.1) is 11.3 Å². The van der Waals surface area contributed by atoms with Gasteiger partial charge >= 0.3 is 0 Å². The van der Waals surface area contributed by atoms with Crippen molar-refractivity contribution >= 4 is 27.3 Å². The molecule has 2 nitrogen and oxygen atoms in total. The van der Waals surface area contributed by atoms with Crippen LogP contribution in [-0.4, -0.2) is 7.11 Å². The number of methoxy groups -OCH3 is 1. The SMILES string of the molecule is COc1ccc(C(N)c2ccc(Br)s2)cc1. The van der Waals surface area contributed by atoms with E-state index in [9.17, 15) is 0 Å². The number of halogens is 1. The van der Waals surface area contributed by atoms with Crippen LogP contribution < -0.4 is 10.5 Å². The highest BCUT2D eigenvalue weighted by molar-refractivity contribution is 9.11. The molecule has 0 spiro atoms. The third kappa shape index (κ3) is 2.45. The van der Waals surface area contributed by atoms with Crippen molar-refractivity contribution in [3.63, 3.8) is 0 Å². The van der Waals surface area contributed by atoms with Gasteiger partial charge in [0.25, 0.3) is 0 Å². The first-order valence-electron chi connectivity index (χ1n) is 4.85. The quantitative estimate of drug-likeness (QED) is 0.940. The zero-order chi connectivity index (χ0) is 11.5. The highest BCUT2D eigenvalue weighted by Gasteiger charge is 2.10. The van der Waals surface area contributed by atoms with Crippen molar-refractivity contribution in [2.45, 2.75) is 6.04 Å². The molecule has 0 aliphatic heterocycles. The van der Waals surface area contributed by atoms with Crippen LogP contribution in [0.3, 0.4) is 0 Å². The van der Waals surface area contributed by atoms with Gasteiger partial charge in [-0.25, -0.2) is 0 Å². The fourth-order valence-electron chi connectivity index (χ4n) is 1.47. The van der Waals surface area contributed by atoms with Crippen LogP contribution in [0.25, 0.3) is 0 Å². The summed E-state index contributed by atoms with van der Waals surface area (Å²) in [7, 11) is 1.66. The van der Waals surface area contributed by atoms with E-state index in [-0.39, 0.29) is 6.04 Å². The van der Waals surface area contributed by atoms with Gasteiger partial charge in [0, 0.05) is 4.88 Å². The summed E-state index contributed by atoms with van der Waals surface area (Å²) in [5.41, 5.74) is 7.26. The van der Waals surface area contributed by atoms with Gasteiger partial charge in [0.15, 0.2) is 0 Å². The Labute approximate surface area is 107 Å². The van der Waals surface area contributed by atoms with Gasteiger partial charge in [0.2, 0.25) is 0 Å². The Morgan fingerprint density at radius 2 is 1.88 bits per heavy atom. The van der Waals surface area contributed by atoms with Gasteiger partial charge in [-0.05, 0) is 45.8 Å². The van der Waals surface area contributed by atoms with Crippen LogP contribution in [0.5, 0.6) is 5.75 Å². The largest absolute Gasteiger partial charge is 0.497 e. The Morgan fingerprint density at radius 3 is 2.38 bits per heavy atom. The smallest absolute Gasteiger partial charge is 0.118 e. The first-order chi connectivity index (χ1) is 7.70. The molecule has 0 fully saturated rings. The number of hydrogen-bond acceptors (Lipinski definition) is 3. The molecule has 0 radical (unpaired) electrons. The summed E-state index contributed by atoms with van der Waals surface area (Å²) in [6.45, 7) is 0. The summed E-state index contributed by atoms with van der Waals surface area (Å²) < 4.78 is 6.22. The lowest BCUT2D eigenvalue weighted by Gasteiger charge is -2.10. The Hall–Kier alpha value is -0.840. The predicted octanol–water partition coefficient (Wildman–Crippen LogP) is 3.57. The van der Waals surface area contributed by atoms with Crippen LogP contribution >= 0.6 is 27.3 Å². The third-order valence-electron chi connectivity index (χ3n) is 2.38. The average molecular weight is 298 g/mol. The topological polar surface area (TPSA) is 35.2 Å². The van der Waals surface area contributed by atoms with E-state index in [1.54, 1.807) is 18.4 Å². The maximum absolute atomic E-state index is 6.17. The maximum Gasteiger partial charge on any atom is 0.118 e. The van der Waals surface area contributed by atoms with E-state index < -0.39 is 0 Å². The molecule has 2 rings (SSSR count). The molecule has 1 aromatic carbocycles. The number of benzene rings is 1. The molecule has 0 saturated carbocycles. The molecule has 2 aromatic rings. The summed E-state index contributed by atoms with van der Waals surface area (Å²) in [6.07, 6.45) is 0. The van der Waals surface area contributed by atoms with Crippen molar-refractivity contribution in [3.8, 4) is 5.75 Å². The van der Waals surface area contributed by atoms with Gasteiger partial charge in [0.1, 0.15) is 5.75 Å². The third-order valence-corrected chi connectivity index (χ3v) is 4.08. The number of thiophene rings is 1. The van der Waals surface area contributed by atoms with E-state index in [4.69, 9.17) is 10.5 Å². The van der Waals surface area contributed by atoms with E-state index in [1.807, 2.05) is 36.4 Å². The highest BCUT2D eigenvalue weighted by atomic mass is 79.9. The Kier molecular flexibility index (Phi) is 3.63. The van der Waals surface area contributed by atoms with Crippen LogP contribution in [0.4, 0.5) is 0 Å². The van der Waals surface area contributed by atoms with Crippen molar-refractivity contribution in [1.29, 1.82) is 0 Å². The fraction of sp³-hybridized carbons (Fsp3) is 0.167. The molecule has 4 heteroatoms. The molecular weight excluding hydrogens is 286 g/mol. The van der Waals surface area contributed by atoms with Gasteiger partial charge < -0.3 is 10.5 Å². The standard InChI is InChI=1S/C12H12BrNOS/c1-15-9-4-2-8(3-5-9)12(14)10-6-7-11(13)16-10/h2-7,12H,14H2,1H3. The van der Waals surface area contributed by atoms with E-state index in [1.165, 1.54) is 0 Å². The lowest BCUT2D eigenvalue weighted by molar-refractivity contribution is 0.414. The minimum Gasteiger partial charge on any atom is -0.497 e. The first kappa shape index (κ1) is 11.6. The van der Waals surface area contributed by atoms with Gasteiger partial charge in [0.05, 0.1) is 16.9 Å². The summed E-state index contributed by atoms with van der Waals surface area (Å²) in [6, 6.07) is 11.8. The lowest BCUT2D eigenvalue weighted by Crippen LogP contribution is -2.09. The maximum atomic E-state index is 6.17. The molecule has 16 heavy (non-hydrogen) atoms. The van der Waals surface area contributed by atoms with E-state index in [2.05, 4.69) is 15.9 Å². The van der Waals surface area contributed by atoms with Gasteiger partial charge in [-0.1, -0.05) is 12.1 Å². The Morgan fingerprint density at radius 1 is 1.19 bits per heavy atom. The van der Waals surface area contributed by atoms with E-state index in [0.717, 1.165) is 20.0 Å². The molecule has 0 aliphatic rings. The van der Waals surface area contributed by atoms with Crippen molar-refractivity contribution in [3.05, 3.63) is 50.6 Å². The number of ether oxygens (including phenoxy) is 1. The molecule has 0 saturated heterocycles. The number of rotatable bonds is 3. The molecule has 1 aromatic heterocycles. The highest BCUT2D eigenvalue weighted by Crippen LogP contribution is 2.30. The minimum absolute atomic E-state index is 0.0674.